The molecule has 0 spiro atoms. The molecule has 0 saturated heterocycles. The van der Waals surface area contributed by atoms with Crippen molar-refractivity contribution in [1.82, 2.24) is 10.2 Å². The van der Waals surface area contributed by atoms with Crippen LogP contribution in [0.5, 0.6) is 5.75 Å². The van der Waals surface area contributed by atoms with E-state index >= 15 is 0 Å². The minimum atomic E-state index is -1.17. The normalized spacial score (nSPS) is 17.9. The molecule has 4 unspecified atom stereocenters. The number of hydrogen-bond donors (Lipinski definition) is 4. The fourth-order valence-electron chi connectivity index (χ4n) is 4.39. The molecule has 210 valence electrons. The van der Waals surface area contributed by atoms with Crippen molar-refractivity contribution in [2.75, 3.05) is 5.32 Å². The summed E-state index contributed by atoms with van der Waals surface area (Å²) in [7, 11) is 0. The van der Waals surface area contributed by atoms with Crippen LogP contribution in [0.1, 0.15) is 64.1 Å². The molecule has 4 amide bonds. The largest absolute Gasteiger partial charge is 0.508 e. The number of alkyl carbamates (subject to hydrolysis) is 1. The molecular weight excluding hydrogens is 500 g/mol. The monoisotopic (exact) mass is 538 g/mol. The number of carbonyl (C=O) groups is 4. The Morgan fingerprint density at radius 1 is 1.13 bits per heavy atom. The first-order valence-corrected chi connectivity index (χ1v) is 13.0. The fraction of sp³-hybridized carbons (Fsp3) is 0.448. The van der Waals surface area contributed by atoms with Crippen LogP contribution < -0.4 is 16.4 Å². The number of rotatable bonds is 10. The number of nitrogens with one attached hydrogen (secondary N) is 2. The molecule has 2 aromatic carbocycles. The SMILES string of the molecule is Cc1ccccc1NC(=O)C(c1cccc(O)c1)N(C(=O)C(CCC(N)=O)NC(=O)OC(C)(C)C)C1CC1C. The summed E-state index contributed by atoms with van der Waals surface area (Å²) in [5.41, 5.74) is 6.37. The quantitative estimate of drug-likeness (QED) is 0.361. The molecule has 0 aromatic heterocycles. The van der Waals surface area contributed by atoms with Gasteiger partial charge in [0.1, 0.15) is 23.4 Å². The Balaban J connectivity index is 2.03. The predicted molar refractivity (Wildman–Crippen MR) is 147 cm³/mol. The van der Waals surface area contributed by atoms with E-state index in [9.17, 15) is 24.3 Å². The second kappa shape index (κ2) is 12.2. The molecule has 0 bridgehead atoms. The molecule has 3 rings (SSSR count). The van der Waals surface area contributed by atoms with Gasteiger partial charge in [0.15, 0.2) is 0 Å². The van der Waals surface area contributed by atoms with Gasteiger partial charge in [-0.15, -0.1) is 0 Å². The maximum absolute atomic E-state index is 14.2. The number of para-hydroxylation sites is 1. The summed E-state index contributed by atoms with van der Waals surface area (Å²) in [6, 6.07) is 10.8. The number of aryl methyl sites for hydroxylation is 1. The molecule has 10 heteroatoms. The molecule has 1 fully saturated rings. The number of anilines is 1. The van der Waals surface area contributed by atoms with Crippen LogP contribution in [0.3, 0.4) is 0 Å². The van der Waals surface area contributed by atoms with Gasteiger partial charge >= 0.3 is 6.09 Å². The van der Waals surface area contributed by atoms with Gasteiger partial charge in [-0.05, 0) is 75.8 Å². The van der Waals surface area contributed by atoms with Crippen LogP contribution >= 0.6 is 0 Å². The van der Waals surface area contributed by atoms with Gasteiger partial charge in [0.05, 0.1) is 0 Å². The van der Waals surface area contributed by atoms with Crippen LogP contribution in [0.15, 0.2) is 48.5 Å². The zero-order chi connectivity index (χ0) is 28.9. The smallest absolute Gasteiger partial charge is 0.408 e. The Morgan fingerprint density at radius 3 is 2.36 bits per heavy atom. The summed E-state index contributed by atoms with van der Waals surface area (Å²) in [5.74, 6) is -1.63. The van der Waals surface area contributed by atoms with Gasteiger partial charge in [0.25, 0.3) is 5.91 Å². The summed E-state index contributed by atoms with van der Waals surface area (Å²) in [4.78, 5) is 53.8. The van der Waals surface area contributed by atoms with Crippen molar-refractivity contribution in [2.24, 2.45) is 11.7 Å². The first-order chi connectivity index (χ1) is 18.3. The molecule has 10 nitrogen and oxygen atoms in total. The third-order valence-electron chi connectivity index (χ3n) is 6.46. The van der Waals surface area contributed by atoms with Crippen molar-refractivity contribution < 1.29 is 29.0 Å². The lowest BCUT2D eigenvalue weighted by Gasteiger charge is -2.35. The van der Waals surface area contributed by atoms with Crippen LogP contribution in [-0.2, 0) is 19.1 Å². The zero-order valence-corrected chi connectivity index (χ0v) is 23.1. The highest BCUT2D eigenvalue weighted by atomic mass is 16.6. The average Bonchev–Trinajstić information content (AvgIpc) is 3.55. The van der Waals surface area contributed by atoms with E-state index in [0.717, 1.165) is 5.56 Å². The van der Waals surface area contributed by atoms with Crippen molar-refractivity contribution in [3.8, 4) is 5.75 Å². The minimum Gasteiger partial charge on any atom is -0.508 e. The molecule has 0 heterocycles. The molecule has 39 heavy (non-hydrogen) atoms. The summed E-state index contributed by atoms with van der Waals surface area (Å²) in [6.07, 6.45) is -0.412. The summed E-state index contributed by atoms with van der Waals surface area (Å²) >= 11 is 0. The van der Waals surface area contributed by atoms with Gasteiger partial charge in [0, 0.05) is 18.2 Å². The number of phenols is 1. The van der Waals surface area contributed by atoms with Gasteiger partial charge in [-0.3, -0.25) is 14.4 Å². The number of aromatic hydroxyl groups is 1. The second-order valence-electron chi connectivity index (χ2n) is 11.0. The van der Waals surface area contributed by atoms with Crippen molar-refractivity contribution in [3.63, 3.8) is 0 Å². The Morgan fingerprint density at radius 2 is 1.79 bits per heavy atom. The number of hydrogen-bond acceptors (Lipinski definition) is 6. The van der Waals surface area contributed by atoms with Crippen LogP contribution in [0.25, 0.3) is 0 Å². The molecule has 0 radical (unpaired) electrons. The lowest BCUT2D eigenvalue weighted by atomic mass is 10.0. The number of primary amides is 1. The van der Waals surface area contributed by atoms with Gasteiger partial charge in [-0.2, -0.15) is 0 Å². The number of amides is 4. The Hall–Kier alpha value is -4.08. The zero-order valence-electron chi connectivity index (χ0n) is 23.1. The first-order valence-electron chi connectivity index (χ1n) is 13.0. The fourth-order valence-corrected chi connectivity index (χ4v) is 4.39. The van der Waals surface area contributed by atoms with E-state index < -0.39 is 41.5 Å². The summed E-state index contributed by atoms with van der Waals surface area (Å²) in [5, 5.41) is 15.7. The molecule has 1 aliphatic carbocycles. The van der Waals surface area contributed by atoms with Crippen molar-refractivity contribution >= 4 is 29.5 Å². The van der Waals surface area contributed by atoms with E-state index in [0.29, 0.717) is 17.7 Å². The van der Waals surface area contributed by atoms with Gasteiger partial charge in [-0.25, -0.2) is 4.79 Å². The van der Waals surface area contributed by atoms with E-state index in [4.69, 9.17) is 10.5 Å². The van der Waals surface area contributed by atoms with E-state index in [2.05, 4.69) is 10.6 Å². The maximum atomic E-state index is 14.2. The van der Waals surface area contributed by atoms with Gasteiger partial charge < -0.3 is 31.1 Å². The van der Waals surface area contributed by atoms with Crippen molar-refractivity contribution in [2.45, 2.75) is 77.6 Å². The number of nitrogens with two attached hydrogens (primary N) is 1. The van der Waals surface area contributed by atoms with E-state index in [1.54, 1.807) is 45.0 Å². The van der Waals surface area contributed by atoms with Gasteiger partial charge in [-0.1, -0.05) is 37.3 Å². The molecule has 0 aliphatic heterocycles. The van der Waals surface area contributed by atoms with Crippen LogP contribution in [0.4, 0.5) is 10.5 Å². The van der Waals surface area contributed by atoms with Crippen molar-refractivity contribution in [1.29, 1.82) is 0 Å². The van der Waals surface area contributed by atoms with E-state index in [-0.39, 0.29) is 30.6 Å². The van der Waals surface area contributed by atoms with Crippen LogP contribution in [0.2, 0.25) is 0 Å². The van der Waals surface area contributed by atoms with Gasteiger partial charge in [0.2, 0.25) is 11.8 Å². The lowest BCUT2D eigenvalue weighted by Crippen LogP contribution is -2.53. The van der Waals surface area contributed by atoms with Crippen molar-refractivity contribution in [3.05, 3.63) is 59.7 Å². The average molecular weight is 539 g/mol. The number of carbonyl (C=O) groups excluding carboxylic acids is 4. The topological polar surface area (TPSA) is 151 Å². The third-order valence-corrected chi connectivity index (χ3v) is 6.46. The van der Waals surface area contributed by atoms with E-state index in [1.807, 2.05) is 26.0 Å². The summed E-state index contributed by atoms with van der Waals surface area (Å²) in [6.45, 7) is 8.90. The van der Waals surface area contributed by atoms with Crippen LogP contribution in [-0.4, -0.2) is 51.5 Å². The lowest BCUT2D eigenvalue weighted by molar-refractivity contribution is -0.142. The number of benzene rings is 2. The highest BCUT2D eigenvalue weighted by Gasteiger charge is 2.48. The number of phenolic OH excluding ortho intramolecular Hbond substituents is 1. The standard InChI is InChI=1S/C29H38N4O6/c1-17-9-6-7-12-21(17)31-26(36)25(19-10-8-11-20(34)16-19)33(23-15-18(23)2)27(37)22(13-14-24(30)35)32-28(38)39-29(3,4)5/h6-12,16,18,22-23,25,34H,13-15H2,1-5H3,(H2,30,35)(H,31,36)(H,32,38). The molecule has 2 aromatic rings. The first kappa shape index (κ1) is 29.5. The highest BCUT2D eigenvalue weighted by molar-refractivity contribution is 5.99. The maximum Gasteiger partial charge on any atom is 0.408 e. The Bertz CT molecular complexity index is 1220. The summed E-state index contributed by atoms with van der Waals surface area (Å²) < 4.78 is 5.35. The van der Waals surface area contributed by atoms with Crippen LogP contribution in [0, 0.1) is 12.8 Å². The molecule has 4 atom stereocenters. The molecular formula is C29H38N4O6. The number of nitrogens with zero attached hydrogens (tertiary/aromatic N) is 1. The Kier molecular flexibility index (Phi) is 9.21. The molecule has 5 N–H and O–H groups in total. The number of ether oxygens (including phenoxy) is 1. The second-order valence-corrected chi connectivity index (χ2v) is 11.0. The highest BCUT2D eigenvalue weighted by Crippen LogP contribution is 2.41. The molecule has 1 aliphatic rings. The van der Waals surface area contributed by atoms with E-state index in [1.165, 1.54) is 17.0 Å². The Labute approximate surface area is 228 Å². The minimum absolute atomic E-state index is 0.0606. The molecule has 1 saturated carbocycles. The predicted octanol–water partition coefficient (Wildman–Crippen LogP) is 3.78. The third kappa shape index (κ3) is 8.20.